The van der Waals surface area contributed by atoms with Crippen LogP contribution >= 0.6 is 23.2 Å². The van der Waals surface area contributed by atoms with E-state index >= 15 is 0 Å². The molecular formula is C79H110Cl2F15N19O9. The van der Waals surface area contributed by atoms with E-state index in [9.17, 15) is 81.2 Å². The number of nitrogens with zero attached hydrogens (tertiary/aromatic N) is 12. The van der Waals surface area contributed by atoms with E-state index in [1.54, 1.807) is 88.0 Å². The lowest BCUT2D eigenvalue weighted by atomic mass is 9.98. The van der Waals surface area contributed by atoms with E-state index in [0.717, 1.165) is 38.0 Å². The number of anilines is 6. The zero-order valence-electron chi connectivity index (χ0n) is 69.7. The summed E-state index contributed by atoms with van der Waals surface area (Å²) in [5.41, 5.74) is 20.5. The van der Waals surface area contributed by atoms with Crippen LogP contribution in [0.25, 0.3) is 44.1 Å². The van der Waals surface area contributed by atoms with Crippen LogP contribution in [0.5, 0.6) is 11.5 Å². The van der Waals surface area contributed by atoms with Crippen molar-refractivity contribution in [3.8, 4) is 11.5 Å². The van der Waals surface area contributed by atoms with Crippen LogP contribution in [0.15, 0.2) is 91.5 Å². The van der Waals surface area contributed by atoms with Crippen molar-refractivity contribution in [1.29, 1.82) is 0 Å². The standard InChI is InChI=1S/C23H28F3N5O3.2C14H18F3N5O.C8H15F3O.C7H3Cl2N3.C7H14F3NO.C4H8O.C2H6O/c1-4-5-7-17(20(32)23(24,25)26)29-21-19-16(8-6-11-27-19)30-22(31-21)28-13-14-9-10-15(33-2)12-18(14)34-3;2*1-2-3-5-9(11(23)14(15,16)17)20-12-10-8(6-4-7-19-10)21-13(18)22-12;1-3-4-5-6(2)7(12)8(9,10)11;8-6-5-4(2-1-3-10-5)11-7(9)12-6;1-2-3-4-5(11)6(12)7(8,9)10;1-2-4-5-3-1;1-2-3/h6,8-12,17,20,32H,4-5,7,13H2,1-3H3,(H2,28,29,30,31);2*4,6-7,9,11,23H,2-3,5H2,1H3,(H3,18,20,21,22);6-7,12H,3-5H2,1-2H3;1-3H;5-6,12H,2-4,11H2,1H3;1-4H2;3H,2H2,1H3/t17-,20-;2*9-,11-;6-,7-;;5-,6-;;/m1111.1../s1. The number of fused-ring (bicyclic) bond motifs is 4. The van der Waals surface area contributed by atoms with Crippen molar-refractivity contribution in [2.75, 3.05) is 66.8 Å². The molecule has 1 saturated heterocycles. The van der Waals surface area contributed by atoms with Crippen LogP contribution < -0.4 is 47.9 Å². The monoisotopic (exact) mass is 1820 g/mol. The summed E-state index contributed by atoms with van der Waals surface area (Å²) in [6, 6.07) is 13.8. The van der Waals surface area contributed by atoms with Gasteiger partial charge in [0.05, 0.1) is 54.4 Å². The van der Waals surface area contributed by atoms with E-state index in [1.165, 1.54) is 38.4 Å². The first-order chi connectivity index (χ1) is 58.4. The summed E-state index contributed by atoms with van der Waals surface area (Å²) in [5, 5.41) is 65.6. The molecule has 0 radical (unpaired) electrons. The van der Waals surface area contributed by atoms with Gasteiger partial charge in [-0.3, -0.25) is 19.9 Å². The highest BCUT2D eigenvalue weighted by molar-refractivity contribution is 6.35. The number of ether oxygens (including phenoxy) is 3. The van der Waals surface area contributed by atoms with Gasteiger partial charge in [-0.2, -0.15) is 80.8 Å². The summed E-state index contributed by atoms with van der Waals surface area (Å²) in [6.07, 6.45) is -19.1. The van der Waals surface area contributed by atoms with Crippen LogP contribution in [-0.2, 0) is 11.3 Å². The molecule has 124 heavy (non-hydrogen) atoms. The number of hydrogen-bond acceptors (Lipinski definition) is 28. The molecule has 0 spiro atoms. The molecule has 45 heteroatoms. The molecule has 16 N–H and O–H groups in total. The van der Waals surface area contributed by atoms with Crippen molar-refractivity contribution < 1.29 is 111 Å². The average molecular weight is 1830 g/mol. The number of alkyl halides is 15. The highest BCUT2D eigenvalue weighted by Crippen LogP contribution is 2.35. The summed E-state index contributed by atoms with van der Waals surface area (Å²) >= 11 is 11.4. The molecule has 0 unspecified atom stereocenters. The topological polar surface area (TPSA) is 430 Å². The van der Waals surface area contributed by atoms with Gasteiger partial charge >= 0.3 is 30.9 Å². The van der Waals surface area contributed by atoms with E-state index in [1.807, 2.05) is 40.7 Å². The molecule has 0 aliphatic carbocycles. The third-order valence-corrected chi connectivity index (χ3v) is 18.2. The molecular weight excluding hydrogens is 1710 g/mol. The predicted octanol–water partition coefficient (Wildman–Crippen LogP) is 16.8. The number of benzene rings is 1. The molecule has 694 valence electrons. The maximum atomic E-state index is 13.3. The molecule has 1 fully saturated rings. The number of nitrogens with two attached hydrogens (primary N) is 3. The van der Waals surface area contributed by atoms with E-state index < -0.39 is 91.5 Å². The van der Waals surface area contributed by atoms with Crippen molar-refractivity contribution in [1.82, 2.24) is 59.8 Å². The highest BCUT2D eigenvalue weighted by Gasteiger charge is 2.47. The molecule has 9 heterocycles. The van der Waals surface area contributed by atoms with Gasteiger partial charge in [0.1, 0.15) is 33.6 Å². The number of nitrogens with one attached hydrogen (secondary N) is 4. The van der Waals surface area contributed by atoms with Gasteiger partial charge in [0.2, 0.25) is 23.1 Å². The fraction of sp³-hybridized carbons (Fsp3) is 0.570. The fourth-order valence-electron chi connectivity index (χ4n) is 11.2. The van der Waals surface area contributed by atoms with Crippen LogP contribution in [0.1, 0.15) is 163 Å². The van der Waals surface area contributed by atoms with Crippen LogP contribution in [-0.4, -0.2) is 210 Å². The van der Waals surface area contributed by atoms with E-state index in [0.29, 0.717) is 114 Å². The number of hydrogen-bond donors (Lipinski definition) is 13. The highest BCUT2D eigenvalue weighted by atomic mass is 35.5. The number of rotatable bonds is 31. The molecule has 0 bridgehead atoms. The maximum Gasteiger partial charge on any atom is 0.416 e. The van der Waals surface area contributed by atoms with E-state index in [2.05, 4.69) is 81.1 Å². The maximum absolute atomic E-state index is 13.3. The average Bonchev–Trinajstić information content (AvgIpc) is 0.820. The molecule has 1 aliphatic rings. The van der Waals surface area contributed by atoms with Crippen molar-refractivity contribution in [2.24, 2.45) is 11.7 Å². The molecule has 0 saturated carbocycles. The Balaban J connectivity index is 0.000000393. The van der Waals surface area contributed by atoms with E-state index in [4.69, 9.17) is 69.9 Å². The predicted molar refractivity (Wildman–Crippen MR) is 445 cm³/mol. The van der Waals surface area contributed by atoms with Gasteiger partial charge in [0.25, 0.3) is 0 Å². The Morgan fingerprint density at radius 2 is 0.806 bits per heavy atom. The summed E-state index contributed by atoms with van der Waals surface area (Å²) < 4.78 is 204. The lowest BCUT2D eigenvalue weighted by Crippen LogP contribution is -2.44. The lowest BCUT2D eigenvalue weighted by molar-refractivity contribution is -0.218. The second kappa shape index (κ2) is 54.6. The zero-order valence-corrected chi connectivity index (χ0v) is 71.2. The van der Waals surface area contributed by atoms with Gasteiger partial charge in [-0.05, 0) is 130 Å². The summed E-state index contributed by atoms with van der Waals surface area (Å²) in [4.78, 5) is 48.7. The largest absolute Gasteiger partial charge is 0.497 e. The first kappa shape index (κ1) is 109. The number of nitrogen functional groups attached to an aromatic ring is 2. The first-order valence-corrected chi connectivity index (χ1v) is 40.4. The van der Waals surface area contributed by atoms with Crippen molar-refractivity contribution in [2.45, 2.75) is 250 Å². The zero-order chi connectivity index (χ0) is 93.1. The second-order valence-corrected chi connectivity index (χ2v) is 28.4. The molecule has 9 aromatic rings. The van der Waals surface area contributed by atoms with Gasteiger partial charge in [-0.1, -0.05) is 117 Å². The number of aromatic nitrogens is 12. The summed E-state index contributed by atoms with van der Waals surface area (Å²) in [5.74, 6) is 0.852. The number of methoxy groups -OCH3 is 2. The normalized spacial score (nSPS) is 14.6. The number of aliphatic hydroxyl groups is 6. The first-order valence-electron chi connectivity index (χ1n) is 39.6. The van der Waals surface area contributed by atoms with Crippen LogP contribution in [0.2, 0.25) is 10.4 Å². The van der Waals surface area contributed by atoms with Crippen molar-refractivity contribution in [3.63, 3.8) is 0 Å². The molecule has 28 nitrogen and oxygen atoms in total. The summed E-state index contributed by atoms with van der Waals surface area (Å²) in [7, 11) is 3.10. The quantitative estimate of drug-likeness (QED) is 0.0109. The minimum atomic E-state index is -4.77. The van der Waals surface area contributed by atoms with Crippen molar-refractivity contribution >= 4 is 103 Å². The van der Waals surface area contributed by atoms with Gasteiger partial charge < -0.3 is 83.3 Å². The number of halogens is 17. The Hall–Kier alpha value is -9.21. The Morgan fingerprint density at radius 3 is 1.16 bits per heavy atom. The Kier molecular flexibility index (Phi) is 48.0. The van der Waals surface area contributed by atoms with Crippen molar-refractivity contribution in [3.05, 3.63) is 108 Å². The molecule has 10 rings (SSSR count). The molecule has 8 aromatic heterocycles. The third-order valence-electron chi connectivity index (χ3n) is 17.8. The van der Waals surface area contributed by atoms with Gasteiger partial charge in [0.15, 0.2) is 53.1 Å². The SMILES string of the molecule is C1CCOC1.CCCC[C@@H](C)[C@@H](O)C(F)(F)F.CCCC[C@@H](N)[C@@H](O)C(F)(F)F.CCCC[C@@H](Nc1nc(N)nc2cccnc12)[C@@H](O)C(F)(F)F.CCCC[C@@H](Nc1nc(N)nc2cccnc12)[C@@H](O)C(F)(F)F.CCCC[C@@H](Nc1nc(NCc2ccc(OC)cc2OC)nc2cccnc12)[C@@H](O)C(F)(F)F.CCO.Clc1nc(Cl)c2ncccc2n1. The number of unbranched alkanes of at least 4 members (excludes halogenated alkanes) is 5. The minimum Gasteiger partial charge on any atom is -0.497 e. The van der Waals surface area contributed by atoms with Gasteiger partial charge in [0, 0.05) is 68.8 Å². The van der Waals surface area contributed by atoms with Gasteiger partial charge in [-0.25, -0.2) is 24.9 Å². The minimum absolute atomic E-state index is 0.0799. The van der Waals surface area contributed by atoms with Gasteiger partial charge in [-0.15, -0.1) is 0 Å². The molecule has 1 aliphatic heterocycles. The van der Waals surface area contributed by atoms with Crippen LogP contribution in [0.3, 0.4) is 0 Å². The number of aliphatic hydroxyl groups excluding tert-OH is 6. The third kappa shape index (κ3) is 38.3. The molecule has 10 atom stereocenters. The fourth-order valence-corrected chi connectivity index (χ4v) is 11.6. The lowest BCUT2D eigenvalue weighted by Gasteiger charge is -2.26. The Labute approximate surface area is 717 Å². The Morgan fingerprint density at radius 1 is 0.452 bits per heavy atom. The second-order valence-electron chi connectivity index (χ2n) is 27.7. The molecule has 0 amide bonds. The smallest absolute Gasteiger partial charge is 0.416 e. The summed E-state index contributed by atoms with van der Waals surface area (Å²) in [6.45, 7) is 15.0. The van der Waals surface area contributed by atoms with Crippen LogP contribution in [0, 0.1) is 5.92 Å². The van der Waals surface area contributed by atoms with E-state index in [-0.39, 0.29) is 78.0 Å². The van der Waals surface area contributed by atoms with Crippen LogP contribution in [0.4, 0.5) is 101 Å². The Bertz CT molecular complexity index is 4370. The number of pyridine rings is 4. The molecule has 1 aromatic carbocycles.